The predicted octanol–water partition coefficient (Wildman–Crippen LogP) is -0.220. The molecule has 0 aromatic heterocycles. The highest BCUT2D eigenvalue weighted by atomic mass is 32.2. The Bertz CT molecular complexity index is 372. The molecule has 7 heteroatoms. The van der Waals surface area contributed by atoms with Crippen LogP contribution in [0.2, 0.25) is 0 Å². The molecule has 1 aromatic rings. The maximum atomic E-state index is 10.6. The third kappa shape index (κ3) is 4.39. The second-order valence-electron chi connectivity index (χ2n) is 3.06. The monoisotopic (exact) mass is 242 g/mol. The number of nitrogens with one attached hydrogen (secondary N) is 2. The van der Waals surface area contributed by atoms with Crippen molar-refractivity contribution in [3.05, 3.63) is 35.9 Å². The lowest BCUT2D eigenvalue weighted by molar-refractivity contribution is 0.248. The van der Waals surface area contributed by atoms with Crippen LogP contribution in [-0.4, -0.2) is 21.3 Å². The number of rotatable bonds is 5. The number of carbonyl (C=O) groups is 1. The Labute approximate surface area is 95.6 Å². The second-order valence-corrected chi connectivity index (χ2v) is 3.77. The highest BCUT2D eigenvalue weighted by Crippen LogP contribution is 2.11. The summed E-state index contributed by atoms with van der Waals surface area (Å²) in [5, 5.41) is 2.35. The lowest BCUT2D eigenvalue weighted by atomic mass is 10.1. The summed E-state index contributed by atoms with van der Waals surface area (Å²) < 4.78 is 23.4. The molecule has 2 unspecified atom stereocenters. The molecule has 1 aromatic carbocycles. The zero-order valence-corrected chi connectivity index (χ0v) is 9.20. The SMILES string of the molecule is NC(=O)NCC(NS(=O)[O-])c1ccccc1. The predicted molar refractivity (Wildman–Crippen MR) is 58.8 cm³/mol. The van der Waals surface area contributed by atoms with E-state index in [2.05, 4.69) is 10.0 Å². The van der Waals surface area contributed by atoms with E-state index >= 15 is 0 Å². The van der Waals surface area contributed by atoms with Gasteiger partial charge >= 0.3 is 6.03 Å². The minimum absolute atomic E-state index is 0.104. The van der Waals surface area contributed by atoms with Gasteiger partial charge in [0.25, 0.3) is 0 Å². The van der Waals surface area contributed by atoms with Gasteiger partial charge in [0.05, 0.1) is 6.04 Å². The topological polar surface area (TPSA) is 107 Å². The van der Waals surface area contributed by atoms with E-state index in [4.69, 9.17) is 5.73 Å². The van der Waals surface area contributed by atoms with E-state index in [1.165, 1.54) is 0 Å². The smallest absolute Gasteiger partial charge is 0.312 e. The number of hydrogen-bond acceptors (Lipinski definition) is 3. The molecule has 0 aliphatic carbocycles. The van der Waals surface area contributed by atoms with Crippen molar-refractivity contribution in [1.29, 1.82) is 0 Å². The Morgan fingerprint density at radius 3 is 2.56 bits per heavy atom. The molecule has 0 radical (unpaired) electrons. The van der Waals surface area contributed by atoms with Crippen molar-refractivity contribution in [1.82, 2.24) is 10.0 Å². The van der Waals surface area contributed by atoms with Gasteiger partial charge in [-0.15, -0.1) is 0 Å². The molecule has 2 atom stereocenters. The van der Waals surface area contributed by atoms with Crippen LogP contribution in [0.5, 0.6) is 0 Å². The molecule has 0 saturated heterocycles. The lowest BCUT2D eigenvalue weighted by Gasteiger charge is -2.20. The van der Waals surface area contributed by atoms with E-state index in [0.29, 0.717) is 0 Å². The fraction of sp³-hybridized carbons (Fsp3) is 0.222. The van der Waals surface area contributed by atoms with Crippen LogP contribution in [0.25, 0.3) is 0 Å². The first-order chi connectivity index (χ1) is 7.59. The van der Waals surface area contributed by atoms with Crippen LogP contribution in [0.15, 0.2) is 30.3 Å². The molecule has 0 bridgehead atoms. The first-order valence-corrected chi connectivity index (χ1v) is 5.61. The molecule has 4 N–H and O–H groups in total. The Morgan fingerprint density at radius 1 is 1.44 bits per heavy atom. The quantitative estimate of drug-likeness (QED) is 0.621. The molecule has 0 aliphatic rings. The van der Waals surface area contributed by atoms with Crippen LogP contribution in [0.4, 0.5) is 4.79 Å². The van der Waals surface area contributed by atoms with Gasteiger partial charge in [0, 0.05) is 17.8 Å². The first kappa shape index (κ1) is 12.6. The highest BCUT2D eigenvalue weighted by Gasteiger charge is 2.11. The standard InChI is InChI=1S/C9H13N3O3S/c10-9(13)11-6-8(12-16(14)15)7-4-2-1-3-5-7/h1-5,8,12H,6H2,(H,14,15)(H3,10,11,13)/p-1. The van der Waals surface area contributed by atoms with Crippen LogP contribution >= 0.6 is 0 Å². The number of urea groups is 1. The van der Waals surface area contributed by atoms with Gasteiger partial charge in [-0.05, 0) is 5.56 Å². The zero-order chi connectivity index (χ0) is 12.0. The number of benzene rings is 1. The molecule has 2 amide bonds. The fourth-order valence-electron chi connectivity index (χ4n) is 1.23. The number of hydrogen-bond donors (Lipinski definition) is 3. The fourth-order valence-corrected chi connectivity index (χ4v) is 1.68. The van der Waals surface area contributed by atoms with Crippen molar-refractivity contribution in [2.45, 2.75) is 6.04 Å². The summed E-state index contributed by atoms with van der Waals surface area (Å²) in [5.74, 6) is 0. The number of amides is 2. The van der Waals surface area contributed by atoms with Crippen molar-refractivity contribution in [2.75, 3.05) is 6.54 Å². The normalized spacial score (nSPS) is 14.1. The van der Waals surface area contributed by atoms with Crippen molar-refractivity contribution >= 4 is 17.3 Å². The molecule has 0 heterocycles. The van der Waals surface area contributed by atoms with Gasteiger partial charge in [0.2, 0.25) is 0 Å². The van der Waals surface area contributed by atoms with E-state index < -0.39 is 23.3 Å². The van der Waals surface area contributed by atoms with Crippen LogP contribution in [0.1, 0.15) is 11.6 Å². The van der Waals surface area contributed by atoms with Gasteiger partial charge in [-0.3, -0.25) is 4.21 Å². The maximum absolute atomic E-state index is 10.6. The summed E-state index contributed by atoms with van der Waals surface area (Å²) in [7, 11) is 0. The molecule has 0 spiro atoms. The largest absolute Gasteiger partial charge is 0.760 e. The number of primary amides is 1. The Hall–Kier alpha value is -1.44. The number of carbonyl (C=O) groups excluding carboxylic acids is 1. The first-order valence-electron chi connectivity index (χ1n) is 4.53. The van der Waals surface area contributed by atoms with Gasteiger partial charge in [-0.1, -0.05) is 30.3 Å². The van der Waals surface area contributed by atoms with Gasteiger partial charge < -0.3 is 15.6 Å². The van der Waals surface area contributed by atoms with Crippen molar-refractivity contribution in [3.63, 3.8) is 0 Å². The van der Waals surface area contributed by atoms with E-state index in [-0.39, 0.29) is 6.54 Å². The Morgan fingerprint density at radius 2 is 2.06 bits per heavy atom. The van der Waals surface area contributed by atoms with Crippen LogP contribution < -0.4 is 15.8 Å². The van der Waals surface area contributed by atoms with Gasteiger partial charge in [-0.2, -0.15) is 0 Å². The molecule has 16 heavy (non-hydrogen) atoms. The molecule has 88 valence electrons. The molecule has 0 aliphatic heterocycles. The second kappa shape index (κ2) is 6.21. The van der Waals surface area contributed by atoms with E-state index in [1.54, 1.807) is 24.3 Å². The van der Waals surface area contributed by atoms with Gasteiger partial charge in [-0.25, -0.2) is 9.52 Å². The molecule has 0 fully saturated rings. The summed E-state index contributed by atoms with van der Waals surface area (Å²) in [6.45, 7) is 0.104. The van der Waals surface area contributed by atoms with Crippen LogP contribution in [-0.2, 0) is 11.3 Å². The van der Waals surface area contributed by atoms with Crippen molar-refractivity contribution in [2.24, 2.45) is 5.73 Å². The average molecular weight is 242 g/mol. The highest BCUT2D eigenvalue weighted by molar-refractivity contribution is 7.77. The van der Waals surface area contributed by atoms with E-state index in [9.17, 15) is 13.6 Å². The van der Waals surface area contributed by atoms with Crippen molar-refractivity contribution in [3.8, 4) is 0 Å². The van der Waals surface area contributed by atoms with Gasteiger partial charge in [0.1, 0.15) is 0 Å². The molecular weight excluding hydrogens is 230 g/mol. The minimum atomic E-state index is -2.40. The van der Waals surface area contributed by atoms with Crippen LogP contribution in [0, 0.1) is 0 Å². The number of nitrogens with two attached hydrogens (primary N) is 1. The molecule has 0 saturated carbocycles. The van der Waals surface area contributed by atoms with Crippen molar-refractivity contribution < 1.29 is 13.6 Å². The zero-order valence-electron chi connectivity index (χ0n) is 8.38. The summed E-state index contributed by atoms with van der Waals surface area (Å²) >= 11 is -2.40. The third-order valence-electron chi connectivity index (χ3n) is 1.92. The summed E-state index contributed by atoms with van der Waals surface area (Å²) in [4.78, 5) is 10.6. The minimum Gasteiger partial charge on any atom is -0.760 e. The summed E-state index contributed by atoms with van der Waals surface area (Å²) in [5.41, 5.74) is 5.67. The maximum Gasteiger partial charge on any atom is 0.312 e. The summed E-state index contributed by atoms with van der Waals surface area (Å²) in [6, 6.07) is 7.67. The van der Waals surface area contributed by atoms with E-state index in [1.807, 2.05) is 6.07 Å². The molecular formula is C9H12N3O3S-. The lowest BCUT2D eigenvalue weighted by Crippen LogP contribution is -2.38. The Balaban J connectivity index is 2.71. The molecule has 6 nitrogen and oxygen atoms in total. The third-order valence-corrected chi connectivity index (χ3v) is 2.40. The average Bonchev–Trinajstić information content (AvgIpc) is 2.25. The molecule has 1 rings (SSSR count). The summed E-state index contributed by atoms with van der Waals surface area (Å²) in [6.07, 6.45) is 0. The van der Waals surface area contributed by atoms with Gasteiger partial charge in [0.15, 0.2) is 0 Å². The Kier molecular flexibility index (Phi) is 4.90. The van der Waals surface area contributed by atoms with E-state index in [0.717, 1.165) is 5.56 Å². The van der Waals surface area contributed by atoms with Crippen LogP contribution in [0.3, 0.4) is 0 Å².